The van der Waals surface area contributed by atoms with Gasteiger partial charge in [0.05, 0.1) is 22.6 Å². The van der Waals surface area contributed by atoms with Crippen LogP contribution in [0.4, 0.5) is 4.39 Å². The SMILES string of the molecule is C[C@@H](NC(=O)c1ccc(Cl)cc1F)c1nc2ccccc2[nH]1. The van der Waals surface area contributed by atoms with Gasteiger partial charge in [-0.15, -0.1) is 0 Å². The molecule has 0 aliphatic rings. The Balaban J connectivity index is 1.81. The highest BCUT2D eigenvalue weighted by Gasteiger charge is 2.17. The Labute approximate surface area is 131 Å². The molecule has 2 N–H and O–H groups in total. The lowest BCUT2D eigenvalue weighted by atomic mass is 10.2. The van der Waals surface area contributed by atoms with Gasteiger partial charge in [0, 0.05) is 5.02 Å². The van der Waals surface area contributed by atoms with Gasteiger partial charge < -0.3 is 10.3 Å². The maximum Gasteiger partial charge on any atom is 0.254 e. The fourth-order valence-corrected chi connectivity index (χ4v) is 2.35. The van der Waals surface area contributed by atoms with Crippen molar-refractivity contribution in [2.45, 2.75) is 13.0 Å². The van der Waals surface area contributed by atoms with Crippen LogP contribution in [0.3, 0.4) is 0 Å². The summed E-state index contributed by atoms with van der Waals surface area (Å²) in [5.41, 5.74) is 1.65. The Hall–Kier alpha value is -2.40. The highest BCUT2D eigenvalue weighted by Crippen LogP contribution is 2.18. The molecule has 0 unspecified atom stereocenters. The number of amides is 1. The fraction of sp³-hybridized carbons (Fsp3) is 0.125. The van der Waals surface area contributed by atoms with Crippen molar-refractivity contribution >= 4 is 28.5 Å². The minimum atomic E-state index is -0.651. The van der Waals surface area contributed by atoms with E-state index in [9.17, 15) is 9.18 Å². The second kappa shape index (κ2) is 5.77. The molecule has 1 heterocycles. The zero-order valence-electron chi connectivity index (χ0n) is 11.7. The number of rotatable bonds is 3. The van der Waals surface area contributed by atoms with Gasteiger partial charge in [0.25, 0.3) is 5.91 Å². The number of benzene rings is 2. The average Bonchev–Trinajstić information content (AvgIpc) is 2.91. The maximum absolute atomic E-state index is 13.8. The molecule has 0 saturated carbocycles. The number of halogens is 2. The number of nitrogens with one attached hydrogen (secondary N) is 2. The van der Waals surface area contributed by atoms with E-state index in [1.54, 1.807) is 6.92 Å². The van der Waals surface area contributed by atoms with Crippen LogP contribution in [0.1, 0.15) is 29.1 Å². The van der Waals surface area contributed by atoms with Crippen molar-refractivity contribution < 1.29 is 9.18 Å². The van der Waals surface area contributed by atoms with Crippen LogP contribution < -0.4 is 5.32 Å². The van der Waals surface area contributed by atoms with Crippen molar-refractivity contribution in [3.8, 4) is 0 Å². The van der Waals surface area contributed by atoms with Gasteiger partial charge >= 0.3 is 0 Å². The van der Waals surface area contributed by atoms with E-state index in [-0.39, 0.29) is 16.6 Å². The second-order valence-corrected chi connectivity index (χ2v) is 5.39. The lowest BCUT2D eigenvalue weighted by molar-refractivity contribution is 0.0934. The highest BCUT2D eigenvalue weighted by atomic mass is 35.5. The number of imidazole rings is 1. The van der Waals surface area contributed by atoms with Gasteiger partial charge in [-0.1, -0.05) is 23.7 Å². The summed E-state index contributed by atoms with van der Waals surface area (Å²) in [6.07, 6.45) is 0. The van der Waals surface area contributed by atoms with Crippen LogP contribution >= 0.6 is 11.6 Å². The molecular weight excluding hydrogens is 305 g/mol. The van der Waals surface area contributed by atoms with Crippen LogP contribution in [0.15, 0.2) is 42.5 Å². The van der Waals surface area contributed by atoms with Crippen LogP contribution in [0, 0.1) is 5.82 Å². The molecule has 0 radical (unpaired) electrons. The van der Waals surface area contributed by atoms with Gasteiger partial charge in [-0.3, -0.25) is 4.79 Å². The third-order valence-corrected chi connectivity index (χ3v) is 3.58. The number of hydrogen-bond acceptors (Lipinski definition) is 2. The summed E-state index contributed by atoms with van der Waals surface area (Å²) in [4.78, 5) is 19.7. The van der Waals surface area contributed by atoms with Crippen LogP contribution in [0.2, 0.25) is 5.02 Å². The van der Waals surface area contributed by atoms with E-state index in [0.29, 0.717) is 5.82 Å². The lowest BCUT2D eigenvalue weighted by Gasteiger charge is -2.12. The minimum Gasteiger partial charge on any atom is -0.342 e. The molecule has 0 spiro atoms. The van der Waals surface area contributed by atoms with Crippen LogP contribution in [-0.2, 0) is 0 Å². The highest BCUT2D eigenvalue weighted by molar-refractivity contribution is 6.30. The molecule has 0 fully saturated rings. The summed E-state index contributed by atoms with van der Waals surface area (Å²) in [7, 11) is 0. The van der Waals surface area contributed by atoms with Crippen LogP contribution in [-0.4, -0.2) is 15.9 Å². The zero-order valence-corrected chi connectivity index (χ0v) is 12.5. The summed E-state index contributed by atoms with van der Waals surface area (Å²) in [5.74, 6) is -0.548. The standard InChI is InChI=1S/C16H13ClFN3O/c1-9(15-20-13-4-2-3-5-14(13)21-15)19-16(22)11-7-6-10(17)8-12(11)18/h2-9H,1H3,(H,19,22)(H,20,21)/t9-/m1/s1. The molecule has 112 valence electrons. The first-order valence-electron chi connectivity index (χ1n) is 6.75. The Morgan fingerprint density at radius 1 is 1.32 bits per heavy atom. The van der Waals surface area contributed by atoms with E-state index in [1.165, 1.54) is 12.1 Å². The molecule has 0 aliphatic carbocycles. The Morgan fingerprint density at radius 3 is 2.82 bits per heavy atom. The number of carbonyl (C=O) groups excluding carboxylic acids is 1. The number of hydrogen-bond donors (Lipinski definition) is 2. The first kappa shape index (κ1) is 14.5. The number of nitrogens with zero attached hydrogens (tertiary/aromatic N) is 1. The quantitative estimate of drug-likeness (QED) is 0.771. The van der Waals surface area contributed by atoms with E-state index in [4.69, 9.17) is 11.6 Å². The van der Waals surface area contributed by atoms with Crippen molar-refractivity contribution in [2.75, 3.05) is 0 Å². The number of fused-ring (bicyclic) bond motifs is 1. The zero-order chi connectivity index (χ0) is 15.7. The van der Waals surface area contributed by atoms with Gasteiger partial charge in [0.1, 0.15) is 11.6 Å². The van der Waals surface area contributed by atoms with Gasteiger partial charge in [0.15, 0.2) is 0 Å². The Morgan fingerprint density at radius 2 is 2.09 bits per heavy atom. The predicted molar refractivity (Wildman–Crippen MR) is 83.4 cm³/mol. The fourth-order valence-electron chi connectivity index (χ4n) is 2.19. The molecular formula is C16H13ClFN3O. The summed E-state index contributed by atoms with van der Waals surface area (Å²) < 4.78 is 13.8. The van der Waals surface area contributed by atoms with Crippen molar-refractivity contribution in [3.63, 3.8) is 0 Å². The van der Waals surface area contributed by atoms with Crippen molar-refractivity contribution in [3.05, 3.63) is 64.7 Å². The molecule has 3 rings (SSSR count). The molecule has 4 nitrogen and oxygen atoms in total. The average molecular weight is 318 g/mol. The Kier molecular flexibility index (Phi) is 3.81. The molecule has 3 aromatic rings. The number of para-hydroxylation sites is 2. The molecule has 0 saturated heterocycles. The molecule has 1 amide bonds. The molecule has 22 heavy (non-hydrogen) atoms. The smallest absolute Gasteiger partial charge is 0.254 e. The summed E-state index contributed by atoms with van der Waals surface area (Å²) >= 11 is 5.68. The summed E-state index contributed by atoms with van der Waals surface area (Å²) in [5, 5.41) is 2.97. The maximum atomic E-state index is 13.8. The van der Waals surface area contributed by atoms with E-state index in [2.05, 4.69) is 15.3 Å². The van der Waals surface area contributed by atoms with Crippen LogP contribution in [0.25, 0.3) is 11.0 Å². The van der Waals surface area contributed by atoms with Gasteiger partial charge in [-0.2, -0.15) is 0 Å². The topological polar surface area (TPSA) is 57.8 Å². The van der Waals surface area contributed by atoms with Gasteiger partial charge in [0.2, 0.25) is 0 Å². The second-order valence-electron chi connectivity index (χ2n) is 4.96. The lowest BCUT2D eigenvalue weighted by Crippen LogP contribution is -2.28. The third kappa shape index (κ3) is 2.80. The molecule has 1 aromatic heterocycles. The first-order chi connectivity index (χ1) is 10.5. The van der Waals surface area contributed by atoms with Crippen molar-refractivity contribution in [1.82, 2.24) is 15.3 Å². The van der Waals surface area contributed by atoms with E-state index in [1.807, 2.05) is 24.3 Å². The number of aromatic nitrogens is 2. The summed E-state index contributed by atoms with van der Waals surface area (Å²) in [6, 6.07) is 11.1. The normalized spacial score (nSPS) is 12.3. The molecule has 0 bridgehead atoms. The predicted octanol–water partition coefficient (Wildman–Crippen LogP) is 3.85. The number of aromatic amines is 1. The number of carbonyl (C=O) groups is 1. The third-order valence-electron chi connectivity index (χ3n) is 3.34. The van der Waals surface area contributed by atoms with Crippen molar-refractivity contribution in [1.29, 1.82) is 0 Å². The van der Waals surface area contributed by atoms with Crippen molar-refractivity contribution in [2.24, 2.45) is 0 Å². The van der Waals surface area contributed by atoms with Crippen LogP contribution in [0.5, 0.6) is 0 Å². The number of H-pyrrole nitrogens is 1. The molecule has 0 aliphatic heterocycles. The first-order valence-corrected chi connectivity index (χ1v) is 7.13. The monoisotopic (exact) mass is 317 g/mol. The molecule has 1 atom stereocenters. The van der Waals surface area contributed by atoms with E-state index in [0.717, 1.165) is 17.1 Å². The van der Waals surface area contributed by atoms with E-state index < -0.39 is 11.7 Å². The van der Waals surface area contributed by atoms with Gasteiger partial charge in [-0.05, 0) is 37.3 Å². The van der Waals surface area contributed by atoms with E-state index >= 15 is 0 Å². The largest absolute Gasteiger partial charge is 0.342 e. The minimum absolute atomic E-state index is 0.0487. The van der Waals surface area contributed by atoms with Gasteiger partial charge in [-0.25, -0.2) is 9.37 Å². The molecule has 6 heteroatoms. The summed E-state index contributed by atoms with van der Waals surface area (Å²) in [6.45, 7) is 1.78. The Bertz CT molecular complexity index is 813. The molecule has 2 aromatic carbocycles.